The average molecular weight is 391 g/mol. The van der Waals surface area contributed by atoms with Crippen LogP contribution >= 0.6 is 15.9 Å². The van der Waals surface area contributed by atoms with E-state index in [1.807, 2.05) is 31.2 Å². The Morgan fingerprint density at radius 3 is 2.71 bits per heavy atom. The highest BCUT2D eigenvalue weighted by Crippen LogP contribution is 2.29. The van der Waals surface area contributed by atoms with Crippen LogP contribution in [-0.2, 0) is 11.3 Å². The molecule has 0 atom stereocenters. The van der Waals surface area contributed by atoms with Crippen LogP contribution in [0.5, 0.6) is 0 Å². The average Bonchev–Trinajstić information content (AvgIpc) is 3.36. The third-order valence-corrected chi connectivity index (χ3v) is 4.70. The first-order valence-corrected chi connectivity index (χ1v) is 8.85. The van der Waals surface area contributed by atoms with Crippen LogP contribution in [0.1, 0.15) is 24.0 Å². The number of benzene rings is 2. The minimum atomic E-state index is -0.215. The van der Waals surface area contributed by atoms with Crippen molar-refractivity contribution in [1.82, 2.24) is 4.90 Å². The van der Waals surface area contributed by atoms with E-state index in [0.29, 0.717) is 18.2 Å². The lowest BCUT2D eigenvalue weighted by molar-refractivity contribution is -0.117. The number of carbonyl (C=O) groups excluding carboxylic acids is 1. The van der Waals surface area contributed by atoms with E-state index in [1.54, 1.807) is 12.1 Å². The molecule has 126 valence electrons. The Morgan fingerprint density at radius 2 is 2.04 bits per heavy atom. The zero-order chi connectivity index (χ0) is 17.1. The number of amides is 1. The molecular formula is C19H20BrFN2O. The molecule has 1 N–H and O–H groups in total. The third-order valence-electron chi connectivity index (χ3n) is 4.20. The monoisotopic (exact) mass is 390 g/mol. The lowest BCUT2D eigenvalue weighted by atomic mass is 10.2. The van der Waals surface area contributed by atoms with Gasteiger partial charge in [-0.1, -0.05) is 34.1 Å². The summed E-state index contributed by atoms with van der Waals surface area (Å²) in [5.41, 5.74) is 2.45. The molecule has 0 aliphatic heterocycles. The topological polar surface area (TPSA) is 32.3 Å². The van der Waals surface area contributed by atoms with Gasteiger partial charge in [0, 0.05) is 28.3 Å². The van der Waals surface area contributed by atoms with Gasteiger partial charge in [-0.3, -0.25) is 9.69 Å². The summed E-state index contributed by atoms with van der Waals surface area (Å²) in [4.78, 5) is 14.5. The Kier molecular flexibility index (Phi) is 5.31. The summed E-state index contributed by atoms with van der Waals surface area (Å²) in [6, 6.07) is 12.9. The van der Waals surface area contributed by atoms with Gasteiger partial charge in [-0.15, -0.1) is 0 Å². The summed E-state index contributed by atoms with van der Waals surface area (Å²) < 4.78 is 14.9. The molecule has 2 aromatic rings. The maximum atomic E-state index is 13.9. The highest BCUT2D eigenvalue weighted by Gasteiger charge is 2.30. The van der Waals surface area contributed by atoms with Gasteiger partial charge < -0.3 is 5.32 Å². The molecule has 0 saturated heterocycles. The predicted octanol–water partition coefficient (Wildman–Crippen LogP) is 4.50. The number of hydrogen-bond acceptors (Lipinski definition) is 2. The molecule has 1 amide bonds. The molecule has 3 nitrogen and oxygen atoms in total. The Labute approximate surface area is 150 Å². The van der Waals surface area contributed by atoms with Gasteiger partial charge in [-0.05, 0) is 49.6 Å². The van der Waals surface area contributed by atoms with E-state index in [4.69, 9.17) is 0 Å². The van der Waals surface area contributed by atoms with E-state index < -0.39 is 0 Å². The smallest absolute Gasteiger partial charge is 0.238 e. The van der Waals surface area contributed by atoms with Crippen molar-refractivity contribution in [2.75, 3.05) is 11.9 Å². The number of anilines is 1. The standard InChI is InChI=1S/C19H20BrFN2O/c1-13-10-15(20)6-9-18(13)22-19(24)12-23(16-7-8-16)11-14-4-2-3-5-17(14)21/h2-6,9-10,16H,7-8,11-12H2,1H3,(H,22,24). The highest BCUT2D eigenvalue weighted by molar-refractivity contribution is 9.10. The lowest BCUT2D eigenvalue weighted by Crippen LogP contribution is -2.34. The molecule has 0 heterocycles. The summed E-state index contributed by atoms with van der Waals surface area (Å²) in [7, 11) is 0. The van der Waals surface area contributed by atoms with Gasteiger partial charge in [0.25, 0.3) is 0 Å². The van der Waals surface area contributed by atoms with Gasteiger partial charge in [0.1, 0.15) is 5.82 Å². The molecule has 0 bridgehead atoms. The molecule has 0 spiro atoms. The van der Waals surface area contributed by atoms with Gasteiger partial charge in [-0.25, -0.2) is 4.39 Å². The minimum Gasteiger partial charge on any atom is -0.325 e. The van der Waals surface area contributed by atoms with Crippen LogP contribution in [0, 0.1) is 12.7 Å². The number of halogens is 2. The molecule has 1 aliphatic rings. The van der Waals surface area contributed by atoms with Crippen LogP contribution in [0.15, 0.2) is 46.9 Å². The minimum absolute atomic E-state index is 0.0661. The Balaban J connectivity index is 1.65. The molecular weight excluding hydrogens is 371 g/mol. The van der Waals surface area contributed by atoms with E-state index in [-0.39, 0.29) is 18.3 Å². The van der Waals surface area contributed by atoms with Crippen LogP contribution in [0.25, 0.3) is 0 Å². The van der Waals surface area contributed by atoms with Crippen molar-refractivity contribution in [3.8, 4) is 0 Å². The third kappa shape index (κ3) is 4.42. The fraction of sp³-hybridized carbons (Fsp3) is 0.316. The van der Waals surface area contributed by atoms with Crippen LogP contribution in [0.2, 0.25) is 0 Å². The van der Waals surface area contributed by atoms with E-state index in [0.717, 1.165) is 28.6 Å². The van der Waals surface area contributed by atoms with Crippen molar-refractivity contribution in [2.45, 2.75) is 32.4 Å². The van der Waals surface area contributed by atoms with Gasteiger partial charge in [0.15, 0.2) is 0 Å². The zero-order valence-electron chi connectivity index (χ0n) is 13.6. The van der Waals surface area contributed by atoms with E-state index in [9.17, 15) is 9.18 Å². The second-order valence-electron chi connectivity index (χ2n) is 6.23. The van der Waals surface area contributed by atoms with Crippen molar-refractivity contribution in [3.63, 3.8) is 0 Å². The fourth-order valence-electron chi connectivity index (χ4n) is 2.74. The van der Waals surface area contributed by atoms with E-state index >= 15 is 0 Å². The summed E-state index contributed by atoms with van der Waals surface area (Å²) in [6.45, 7) is 2.69. The fourth-order valence-corrected chi connectivity index (χ4v) is 3.22. The first kappa shape index (κ1) is 17.1. The Bertz CT molecular complexity index is 746. The van der Waals surface area contributed by atoms with Gasteiger partial charge in [-0.2, -0.15) is 0 Å². The predicted molar refractivity (Wildman–Crippen MR) is 97.3 cm³/mol. The number of hydrogen-bond donors (Lipinski definition) is 1. The maximum absolute atomic E-state index is 13.9. The molecule has 5 heteroatoms. The first-order valence-electron chi connectivity index (χ1n) is 8.06. The second kappa shape index (κ2) is 7.45. The Morgan fingerprint density at radius 1 is 1.29 bits per heavy atom. The van der Waals surface area contributed by atoms with Crippen molar-refractivity contribution < 1.29 is 9.18 Å². The van der Waals surface area contributed by atoms with Gasteiger partial charge >= 0.3 is 0 Å². The number of carbonyl (C=O) groups is 1. The maximum Gasteiger partial charge on any atom is 0.238 e. The molecule has 24 heavy (non-hydrogen) atoms. The molecule has 1 aliphatic carbocycles. The van der Waals surface area contributed by atoms with Crippen LogP contribution in [-0.4, -0.2) is 23.4 Å². The Hall–Kier alpha value is -1.72. The van der Waals surface area contributed by atoms with Gasteiger partial charge in [0.05, 0.1) is 6.54 Å². The van der Waals surface area contributed by atoms with Crippen molar-refractivity contribution >= 4 is 27.5 Å². The molecule has 0 radical (unpaired) electrons. The zero-order valence-corrected chi connectivity index (χ0v) is 15.1. The summed E-state index contributed by atoms with van der Waals surface area (Å²) >= 11 is 3.42. The quantitative estimate of drug-likeness (QED) is 0.787. The van der Waals surface area contributed by atoms with Crippen LogP contribution in [0.4, 0.5) is 10.1 Å². The van der Waals surface area contributed by atoms with Crippen molar-refractivity contribution in [3.05, 3.63) is 63.9 Å². The number of nitrogens with zero attached hydrogens (tertiary/aromatic N) is 1. The molecule has 1 fully saturated rings. The number of aryl methyl sites for hydroxylation is 1. The van der Waals surface area contributed by atoms with E-state index in [2.05, 4.69) is 26.1 Å². The number of rotatable bonds is 6. The lowest BCUT2D eigenvalue weighted by Gasteiger charge is -2.22. The number of nitrogens with one attached hydrogen (secondary N) is 1. The van der Waals surface area contributed by atoms with E-state index in [1.165, 1.54) is 6.07 Å². The van der Waals surface area contributed by atoms with Crippen LogP contribution < -0.4 is 5.32 Å². The molecule has 3 rings (SSSR count). The summed E-state index contributed by atoms with van der Waals surface area (Å²) in [5, 5.41) is 2.96. The molecule has 0 aromatic heterocycles. The first-order chi connectivity index (χ1) is 11.5. The molecule has 2 aromatic carbocycles. The van der Waals surface area contributed by atoms with Gasteiger partial charge in [0.2, 0.25) is 5.91 Å². The second-order valence-corrected chi connectivity index (χ2v) is 7.15. The van der Waals surface area contributed by atoms with Crippen molar-refractivity contribution in [1.29, 1.82) is 0 Å². The molecule has 1 saturated carbocycles. The molecule has 0 unspecified atom stereocenters. The summed E-state index contributed by atoms with van der Waals surface area (Å²) in [5.74, 6) is -0.282. The largest absolute Gasteiger partial charge is 0.325 e. The SMILES string of the molecule is Cc1cc(Br)ccc1NC(=O)CN(Cc1ccccc1F)C1CC1. The normalized spacial score (nSPS) is 14.0. The van der Waals surface area contributed by atoms with Crippen LogP contribution in [0.3, 0.4) is 0 Å². The van der Waals surface area contributed by atoms with Crippen molar-refractivity contribution in [2.24, 2.45) is 0 Å². The summed E-state index contributed by atoms with van der Waals surface area (Å²) in [6.07, 6.45) is 2.14. The highest BCUT2D eigenvalue weighted by atomic mass is 79.9.